The second kappa shape index (κ2) is 7.26. The number of rotatable bonds is 6. The molecule has 0 unspecified atom stereocenters. The van der Waals surface area contributed by atoms with Gasteiger partial charge >= 0.3 is 5.51 Å². The second-order valence-electron chi connectivity index (χ2n) is 5.74. The monoisotopic (exact) mass is 414 g/mol. The number of fused-ring (bicyclic) bond motifs is 1. The third-order valence-corrected chi connectivity index (χ3v) is 5.57. The van der Waals surface area contributed by atoms with Crippen molar-refractivity contribution in [2.24, 2.45) is 0 Å². The van der Waals surface area contributed by atoms with Crippen LogP contribution in [0.3, 0.4) is 0 Å². The Morgan fingerprint density at radius 3 is 2.36 bits per heavy atom. The highest BCUT2D eigenvalue weighted by Gasteiger charge is 2.46. The highest BCUT2D eigenvalue weighted by Crippen LogP contribution is 2.31. The lowest BCUT2D eigenvalue weighted by atomic mass is 10.3. The Bertz CT molecular complexity index is 1080. The lowest BCUT2D eigenvalue weighted by molar-refractivity contribution is -0.0436. The molecule has 0 atom stereocenters. The first kappa shape index (κ1) is 19.9. The molecule has 8 nitrogen and oxygen atoms in total. The van der Waals surface area contributed by atoms with Gasteiger partial charge in [-0.25, -0.2) is 8.42 Å². The Labute approximate surface area is 158 Å². The fourth-order valence-electron chi connectivity index (χ4n) is 2.60. The van der Waals surface area contributed by atoms with Crippen molar-refractivity contribution < 1.29 is 21.6 Å². The van der Waals surface area contributed by atoms with Gasteiger partial charge in [0.25, 0.3) is 15.6 Å². The van der Waals surface area contributed by atoms with Gasteiger partial charge in [0.1, 0.15) is 18.0 Å². The molecule has 150 valence electrons. The number of benzene rings is 1. The van der Waals surface area contributed by atoms with Crippen LogP contribution in [0.15, 0.2) is 41.6 Å². The number of halogens is 3. The minimum atomic E-state index is -5.39. The molecule has 3 aromatic rings. The summed E-state index contributed by atoms with van der Waals surface area (Å²) in [6, 6.07) is 6.03. The summed E-state index contributed by atoms with van der Waals surface area (Å²) in [4.78, 5) is 9.67. The smallest absolute Gasteiger partial charge is 0.357 e. The lowest BCUT2D eigenvalue weighted by Gasteiger charge is -2.20. The summed E-state index contributed by atoms with van der Waals surface area (Å²) in [5.74, 6) is 1.49. The van der Waals surface area contributed by atoms with Gasteiger partial charge in [0.05, 0.1) is 4.90 Å². The summed E-state index contributed by atoms with van der Waals surface area (Å²) >= 11 is 0. The Morgan fingerprint density at radius 2 is 1.79 bits per heavy atom. The molecule has 0 radical (unpaired) electrons. The van der Waals surface area contributed by atoms with Crippen molar-refractivity contribution in [3.05, 3.63) is 36.7 Å². The maximum Gasteiger partial charge on any atom is 0.501 e. The van der Waals surface area contributed by atoms with Gasteiger partial charge in [-0.2, -0.15) is 32.8 Å². The van der Waals surface area contributed by atoms with E-state index in [0.29, 0.717) is 23.1 Å². The van der Waals surface area contributed by atoms with Gasteiger partial charge in [0.15, 0.2) is 0 Å². The molecule has 1 aromatic carbocycles. The molecule has 0 saturated carbocycles. The molecule has 0 aliphatic carbocycles. The molecule has 0 spiro atoms. The molecular weight excluding hydrogens is 397 g/mol. The van der Waals surface area contributed by atoms with Crippen LogP contribution in [0.1, 0.15) is 13.8 Å². The zero-order valence-electron chi connectivity index (χ0n) is 15.0. The van der Waals surface area contributed by atoms with E-state index < -0.39 is 20.2 Å². The van der Waals surface area contributed by atoms with E-state index in [9.17, 15) is 21.6 Å². The number of nitrogens with one attached hydrogen (secondary N) is 1. The van der Waals surface area contributed by atoms with Crippen LogP contribution in [0.25, 0.3) is 5.78 Å². The number of hydrogen-bond donors (Lipinski definition) is 1. The van der Waals surface area contributed by atoms with Gasteiger partial charge in [0, 0.05) is 24.8 Å². The van der Waals surface area contributed by atoms with E-state index in [2.05, 4.69) is 20.4 Å². The van der Waals surface area contributed by atoms with Crippen molar-refractivity contribution in [3.8, 4) is 0 Å². The van der Waals surface area contributed by atoms with E-state index in [-0.39, 0.29) is 0 Å². The summed E-state index contributed by atoms with van der Waals surface area (Å²) < 4.78 is 62.4. The number of sulfone groups is 1. The van der Waals surface area contributed by atoms with E-state index in [0.717, 1.165) is 25.2 Å². The largest absolute Gasteiger partial charge is 0.501 e. The van der Waals surface area contributed by atoms with Crippen molar-refractivity contribution in [2.75, 3.05) is 23.3 Å². The first-order valence-electron chi connectivity index (χ1n) is 8.31. The van der Waals surface area contributed by atoms with Crippen molar-refractivity contribution in [2.45, 2.75) is 24.3 Å². The molecule has 28 heavy (non-hydrogen) atoms. The number of anilines is 3. The average molecular weight is 414 g/mol. The van der Waals surface area contributed by atoms with Crippen LogP contribution < -0.4 is 10.2 Å². The second-order valence-corrected chi connectivity index (χ2v) is 7.68. The third kappa shape index (κ3) is 3.59. The first-order valence-corrected chi connectivity index (χ1v) is 9.80. The third-order valence-electron chi connectivity index (χ3n) is 4.07. The predicted molar refractivity (Wildman–Crippen MR) is 97.3 cm³/mol. The SMILES string of the molecule is CCN(CC)c1cc(Nc2ccc(S(=O)(=O)C(F)(F)F)cc2)n2ncnc2n1. The Morgan fingerprint density at radius 1 is 1.14 bits per heavy atom. The fraction of sp³-hybridized carbons (Fsp3) is 0.312. The maximum absolute atomic E-state index is 12.7. The molecule has 0 saturated heterocycles. The molecule has 0 aliphatic rings. The van der Waals surface area contributed by atoms with Gasteiger partial charge < -0.3 is 10.2 Å². The standard InChI is InChI=1S/C16H17F3N6O2S/c1-3-24(4-2)13-9-14(25-15(23-13)20-10-21-25)22-11-5-7-12(8-6-11)28(26,27)16(17,18)19/h5-10,22H,3-4H2,1-2H3. The normalized spacial score (nSPS) is 12.3. The topological polar surface area (TPSA) is 92.5 Å². The van der Waals surface area contributed by atoms with Crippen LogP contribution in [0, 0.1) is 0 Å². The van der Waals surface area contributed by atoms with Crippen molar-refractivity contribution in [1.82, 2.24) is 19.6 Å². The molecule has 0 bridgehead atoms. The van der Waals surface area contributed by atoms with Gasteiger partial charge in [-0.05, 0) is 38.1 Å². The maximum atomic E-state index is 12.7. The summed E-state index contributed by atoms with van der Waals surface area (Å²) in [5.41, 5.74) is -4.96. The molecule has 0 fully saturated rings. The highest BCUT2D eigenvalue weighted by atomic mass is 32.2. The van der Waals surface area contributed by atoms with Crippen LogP contribution in [-0.4, -0.2) is 46.6 Å². The molecule has 0 aliphatic heterocycles. The molecule has 12 heteroatoms. The fourth-order valence-corrected chi connectivity index (χ4v) is 3.36. The van der Waals surface area contributed by atoms with Crippen LogP contribution in [0.4, 0.5) is 30.5 Å². The molecule has 2 heterocycles. The van der Waals surface area contributed by atoms with Crippen molar-refractivity contribution in [1.29, 1.82) is 0 Å². The van der Waals surface area contributed by atoms with Gasteiger partial charge in [-0.1, -0.05) is 0 Å². The van der Waals surface area contributed by atoms with Crippen LogP contribution in [0.5, 0.6) is 0 Å². The minimum Gasteiger partial charge on any atom is -0.357 e. The van der Waals surface area contributed by atoms with Gasteiger partial charge in [-0.3, -0.25) is 0 Å². The lowest BCUT2D eigenvalue weighted by Crippen LogP contribution is -2.23. The van der Waals surface area contributed by atoms with E-state index >= 15 is 0 Å². The van der Waals surface area contributed by atoms with Crippen molar-refractivity contribution >= 4 is 32.9 Å². The zero-order valence-corrected chi connectivity index (χ0v) is 15.8. The minimum absolute atomic E-state index is 0.350. The van der Waals surface area contributed by atoms with Crippen LogP contribution in [0.2, 0.25) is 0 Å². The number of alkyl halides is 3. The molecule has 1 N–H and O–H groups in total. The predicted octanol–water partition coefficient (Wildman–Crippen LogP) is 3.01. The van der Waals surface area contributed by atoms with E-state index in [1.54, 1.807) is 6.07 Å². The Kier molecular flexibility index (Phi) is 5.15. The number of hydrogen-bond acceptors (Lipinski definition) is 7. The summed E-state index contributed by atoms with van der Waals surface area (Å²) in [7, 11) is -5.39. The van der Waals surface area contributed by atoms with Crippen LogP contribution >= 0.6 is 0 Å². The zero-order chi connectivity index (χ0) is 20.5. The van der Waals surface area contributed by atoms with Crippen molar-refractivity contribution in [3.63, 3.8) is 0 Å². The quantitative estimate of drug-likeness (QED) is 0.663. The van der Waals surface area contributed by atoms with E-state index in [1.807, 2.05) is 18.7 Å². The summed E-state index contributed by atoms with van der Waals surface area (Å²) in [6.45, 7) is 5.40. The molecule has 2 aromatic heterocycles. The highest BCUT2D eigenvalue weighted by molar-refractivity contribution is 7.92. The molecule has 0 amide bonds. The Hall–Kier alpha value is -2.89. The molecule has 3 rings (SSSR count). The first-order chi connectivity index (χ1) is 13.2. The number of nitrogens with zero attached hydrogens (tertiary/aromatic N) is 5. The van der Waals surface area contributed by atoms with Crippen LogP contribution in [-0.2, 0) is 9.84 Å². The van der Waals surface area contributed by atoms with E-state index in [4.69, 9.17) is 0 Å². The summed E-state index contributed by atoms with van der Waals surface area (Å²) in [6.07, 6.45) is 1.33. The van der Waals surface area contributed by atoms with Gasteiger partial charge in [0.2, 0.25) is 0 Å². The van der Waals surface area contributed by atoms with E-state index in [1.165, 1.54) is 23.0 Å². The average Bonchev–Trinajstić information content (AvgIpc) is 3.11. The Balaban J connectivity index is 1.96. The van der Waals surface area contributed by atoms with Gasteiger partial charge in [-0.15, -0.1) is 0 Å². The summed E-state index contributed by atoms with van der Waals surface area (Å²) in [5, 5.41) is 7.09. The molecular formula is C16H17F3N6O2S. The number of aromatic nitrogens is 4.